The van der Waals surface area contributed by atoms with E-state index in [0.717, 1.165) is 6.20 Å². The van der Waals surface area contributed by atoms with Crippen molar-refractivity contribution in [2.45, 2.75) is 19.4 Å². The molecule has 1 aliphatic rings. The SMILES string of the molecule is CC1CCN(C(=O)c2cc(Cl)ncc2[N+](=O)[O-])CC1O. The Labute approximate surface area is 120 Å². The normalized spacial score (nSPS) is 22.6. The molecule has 2 unspecified atom stereocenters. The first-order valence-corrected chi connectivity index (χ1v) is 6.55. The van der Waals surface area contributed by atoms with Crippen LogP contribution >= 0.6 is 11.6 Å². The number of likely N-dealkylation sites (tertiary alicyclic amines) is 1. The molecule has 1 aliphatic heterocycles. The summed E-state index contributed by atoms with van der Waals surface area (Å²) < 4.78 is 0. The molecular weight excluding hydrogens is 286 g/mol. The van der Waals surface area contributed by atoms with Gasteiger partial charge in [0.15, 0.2) is 0 Å². The Balaban J connectivity index is 2.29. The second-order valence-electron chi connectivity index (χ2n) is 4.87. The van der Waals surface area contributed by atoms with Gasteiger partial charge in [0.2, 0.25) is 0 Å². The van der Waals surface area contributed by atoms with Crippen LogP contribution in [0.25, 0.3) is 0 Å². The molecule has 0 spiro atoms. The molecule has 108 valence electrons. The largest absolute Gasteiger partial charge is 0.391 e. The van der Waals surface area contributed by atoms with Crippen LogP contribution in [-0.2, 0) is 0 Å². The van der Waals surface area contributed by atoms with Crippen molar-refractivity contribution in [1.29, 1.82) is 0 Å². The third kappa shape index (κ3) is 2.88. The van der Waals surface area contributed by atoms with Crippen LogP contribution < -0.4 is 0 Å². The highest BCUT2D eigenvalue weighted by Crippen LogP contribution is 2.25. The van der Waals surface area contributed by atoms with Gasteiger partial charge >= 0.3 is 0 Å². The van der Waals surface area contributed by atoms with E-state index in [9.17, 15) is 20.0 Å². The number of nitrogens with zero attached hydrogens (tertiary/aromatic N) is 3. The average Bonchev–Trinajstić information content (AvgIpc) is 2.40. The second kappa shape index (κ2) is 5.72. The van der Waals surface area contributed by atoms with E-state index in [1.807, 2.05) is 6.92 Å². The Kier molecular flexibility index (Phi) is 4.20. The smallest absolute Gasteiger partial charge is 0.300 e. The number of pyridine rings is 1. The van der Waals surface area contributed by atoms with E-state index in [-0.39, 0.29) is 28.9 Å². The summed E-state index contributed by atoms with van der Waals surface area (Å²) in [6.07, 6.45) is 1.00. The highest BCUT2D eigenvalue weighted by Gasteiger charge is 2.31. The van der Waals surface area contributed by atoms with E-state index in [1.54, 1.807) is 0 Å². The van der Waals surface area contributed by atoms with Crippen molar-refractivity contribution in [3.8, 4) is 0 Å². The van der Waals surface area contributed by atoms with Crippen LogP contribution in [0.4, 0.5) is 5.69 Å². The molecule has 8 heteroatoms. The van der Waals surface area contributed by atoms with Gasteiger partial charge in [-0.15, -0.1) is 0 Å². The summed E-state index contributed by atoms with van der Waals surface area (Å²) >= 11 is 5.70. The number of amides is 1. The van der Waals surface area contributed by atoms with E-state index in [0.29, 0.717) is 13.0 Å². The maximum atomic E-state index is 12.4. The van der Waals surface area contributed by atoms with Crippen LogP contribution in [0.15, 0.2) is 12.3 Å². The summed E-state index contributed by atoms with van der Waals surface area (Å²) in [5.41, 5.74) is -0.482. The molecule has 0 saturated carbocycles. The lowest BCUT2D eigenvalue weighted by molar-refractivity contribution is -0.385. The number of hydrogen-bond acceptors (Lipinski definition) is 5. The molecule has 7 nitrogen and oxygen atoms in total. The summed E-state index contributed by atoms with van der Waals surface area (Å²) in [6, 6.07) is 1.19. The van der Waals surface area contributed by atoms with Crippen LogP contribution in [0, 0.1) is 16.0 Å². The highest BCUT2D eigenvalue weighted by molar-refractivity contribution is 6.29. The number of halogens is 1. The van der Waals surface area contributed by atoms with Crippen LogP contribution in [-0.4, -0.2) is 45.0 Å². The van der Waals surface area contributed by atoms with Gasteiger partial charge < -0.3 is 10.0 Å². The fourth-order valence-electron chi connectivity index (χ4n) is 2.14. The van der Waals surface area contributed by atoms with E-state index in [4.69, 9.17) is 11.6 Å². The molecule has 1 N–H and O–H groups in total. The van der Waals surface area contributed by atoms with E-state index in [2.05, 4.69) is 4.98 Å². The first-order valence-electron chi connectivity index (χ1n) is 6.17. The molecule has 0 aromatic carbocycles. The van der Waals surface area contributed by atoms with Gasteiger partial charge in [0.05, 0.1) is 11.0 Å². The molecule has 1 fully saturated rings. The average molecular weight is 300 g/mol. The van der Waals surface area contributed by atoms with E-state index >= 15 is 0 Å². The first kappa shape index (κ1) is 14.7. The van der Waals surface area contributed by atoms with Crippen molar-refractivity contribution < 1.29 is 14.8 Å². The van der Waals surface area contributed by atoms with Crippen molar-refractivity contribution in [3.05, 3.63) is 33.1 Å². The molecule has 0 radical (unpaired) electrons. The summed E-state index contributed by atoms with van der Waals surface area (Å²) in [5.74, 6) is -0.401. The molecule has 2 rings (SSSR count). The number of aromatic nitrogens is 1. The Bertz CT molecular complexity index is 552. The van der Waals surface area contributed by atoms with Crippen molar-refractivity contribution in [2.75, 3.05) is 13.1 Å². The van der Waals surface area contributed by atoms with Crippen LogP contribution in [0.1, 0.15) is 23.7 Å². The lowest BCUT2D eigenvalue weighted by atomic mass is 9.95. The van der Waals surface area contributed by atoms with Crippen molar-refractivity contribution in [1.82, 2.24) is 9.88 Å². The number of carbonyl (C=O) groups excluding carboxylic acids is 1. The lowest BCUT2D eigenvalue weighted by Crippen LogP contribution is -2.45. The third-order valence-corrected chi connectivity index (χ3v) is 3.69. The number of aliphatic hydroxyl groups is 1. The predicted molar refractivity (Wildman–Crippen MR) is 71.6 cm³/mol. The number of hydrogen-bond donors (Lipinski definition) is 1. The molecule has 1 saturated heterocycles. The van der Waals surface area contributed by atoms with Crippen molar-refractivity contribution in [3.63, 3.8) is 0 Å². The molecule has 0 bridgehead atoms. The second-order valence-corrected chi connectivity index (χ2v) is 5.25. The minimum absolute atomic E-state index is 0.0184. The summed E-state index contributed by atoms with van der Waals surface area (Å²) in [7, 11) is 0. The van der Waals surface area contributed by atoms with Gasteiger partial charge in [0.1, 0.15) is 16.9 Å². The summed E-state index contributed by atoms with van der Waals surface area (Å²) in [6.45, 7) is 2.52. The molecule has 1 aromatic rings. The Hall–Kier alpha value is -1.73. The van der Waals surface area contributed by atoms with Gasteiger partial charge in [-0.25, -0.2) is 4.98 Å². The number of rotatable bonds is 2. The fourth-order valence-corrected chi connectivity index (χ4v) is 2.30. The lowest BCUT2D eigenvalue weighted by Gasteiger charge is -2.34. The molecule has 1 aromatic heterocycles. The molecule has 1 amide bonds. The quantitative estimate of drug-likeness (QED) is 0.507. The van der Waals surface area contributed by atoms with Crippen molar-refractivity contribution >= 4 is 23.2 Å². The number of piperidine rings is 1. The number of β-amino-alcohol motifs (C(OH)–C–C–N with tert-alkyl or cyclic N) is 1. The third-order valence-electron chi connectivity index (χ3n) is 3.48. The monoisotopic (exact) mass is 299 g/mol. The topological polar surface area (TPSA) is 96.6 Å². The van der Waals surface area contributed by atoms with Gasteiger partial charge in [0, 0.05) is 13.1 Å². The zero-order valence-corrected chi connectivity index (χ0v) is 11.6. The van der Waals surface area contributed by atoms with Gasteiger partial charge in [-0.2, -0.15) is 0 Å². The summed E-state index contributed by atoms with van der Waals surface area (Å²) in [5, 5.41) is 20.8. The standard InChI is InChI=1S/C12H14ClN3O4/c1-7-2-3-15(6-10(7)17)12(18)8-4-11(13)14-5-9(8)16(19)20/h4-5,7,10,17H,2-3,6H2,1H3. The number of nitro groups is 1. The zero-order chi connectivity index (χ0) is 14.9. The van der Waals surface area contributed by atoms with Crippen LogP contribution in [0.2, 0.25) is 5.15 Å². The molecule has 20 heavy (non-hydrogen) atoms. The van der Waals surface area contributed by atoms with Gasteiger partial charge in [0.25, 0.3) is 11.6 Å². The molecule has 2 atom stereocenters. The van der Waals surface area contributed by atoms with Gasteiger partial charge in [-0.3, -0.25) is 14.9 Å². The molecule has 0 aliphatic carbocycles. The minimum atomic E-state index is -0.667. The molecular formula is C12H14ClN3O4. The highest BCUT2D eigenvalue weighted by atomic mass is 35.5. The molecule has 2 heterocycles. The summed E-state index contributed by atoms with van der Waals surface area (Å²) in [4.78, 5) is 27.7. The van der Waals surface area contributed by atoms with Gasteiger partial charge in [-0.05, 0) is 18.4 Å². The number of carbonyl (C=O) groups is 1. The van der Waals surface area contributed by atoms with Gasteiger partial charge in [-0.1, -0.05) is 18.5 Å². The van der Waals surface area contributed by atoms with E-state index in [1.165, 1.54) is 11.0 Å². The first-order chi connectivity index (χ1) is 9.40. The maximum Gasteiger partial charge on any atom is 0.300 e. The van der Waals surface area contributed by atoms with Crippen molar-refractivity contribution in [2.24, 2.45) is 5.92 Å². The fraction of sp³-hybridized carbons (Fsp3) is 0.500. The Morgan fingerprint density at radius 1 is 1.65 bits per heavy atom. The minimum Gasteiger partial charge on any atom is -0.391 e. The Morgan fingerprint density at radius 2 is 2.35 bits per heavy atom. The zero-order valence-electron chi connectivity index (χ0n) is 10.8. The van der Waals surface area contributed by atoms with E-state index < -0.39 is 16.9 Å². The number of aliphatic hydroxyl groups excluding tert-OH is 1. The predicted octanol–water partition coefficient (Wildman–Crippen LogP) is 1.49. The van der Waals surface area contributed by atoms with Crippen LogP contribution in [0.3, 0.4) is 0 Å². The van der Waals surface area contributed by atoms with Crippen LogP contribution in [0.5, 0.6) is 0 Å². The Morgan fingerprint density at radius 3 is 2.95 bits per heavy atom. The maximum absolute atomic E-state index is 12.4.